The number of benzene rings is 1. The Morgan fingerprint density at radius 3 is 1.25 bits per heavy atom. The number of nitrogens with zero attached hydrogens (tertiary/aromatic N) is 6. The molecule has 0 bridgehead atoms. The molecule has 0 aliphatic carbocycles. The lowest BCUT2D eigenvalue weighted by Gasteiger charge is -2.10. The first-order valence-electron chi connectivity index (χ1n) is 8.23. The Hall–Kier alpha value is -3.96. The smallest absolute Gasteiger partial charge is 0.322 e. The maximum absolute atomic E-state index is 5.07. The van der Waals surface area contributed by atoms with Crippen LogP contribution in [0.3, 0.4) is 0 Å². The van der Waals surface area contributed by atoms with Gasteiger partial charge in [0.05, 0.1) is 14.2 Å². The predicted molar refractivity (Wildman–Crippen MR) is 105 cm³/mol. The van der Waals surface area contributed by atoms with Gasteiger partial charge in [0.2, 0.25) is 23.8 Å². The minimum absolute atomic E-state index is 0.212. The van der Waals surface area contributed by atoms with Crippen LogP contribution < -0.4 is 30.7 Å². The van der Waals surface area contributed by atoms with Crippen molar-refractivity contribution in [1.82, 2.24) is 29.9 Å². The summed E-state index contributed by atoms with van der Waals surface area (Å²) in [6.45, 7) is 0. The molecular weight excluding hydrogens is 364 g/mol. The van der Waals surface area contributed by atoms with E-state index in [1.807, 2.05) is 24.3 Å². The van der Waals surface area contributed by atoms with Gasteiger partial charge in [0.25, 0.3) is 0 Å². The first kappa shape index (κ1) is 18.8. The van der Waals surface area contributed by atoms with Crippen LogP contribution in [0.5, 0.6) is 12.0 Å². The number of aromatic nitrogens is 6. The number of hydrogen-bond acceptors (Lipinski definition) is 12. The molecule has 3 rings (SSSR count). The fourth-order valence-corrected chi connectivity index (χ4v) is 2.13. The first-order chi connectivity index (χ1) is 13.6. The van der Waals surface area contributed by atoms with Gasteiger partial charge in [-0.2, -0.15) is 29.9 Å². The summed E-state index contributed by atoms with van der Waals surface area (Å²) >= 11 is 0. The van der Waals surface area contributed by atoms with E-state index >= 15 is 0 Å². The Labute approximate surface area is 161 Å². The molecule has 3 aromatic rings. The SMILES string of the molecule is CNc1nc(Nc2ccc(Nc3nc(NC)nc(OC)n3)cc2)nc(OC)n1. The molecule has 0 radical (unpaired) electrons. The van der Waals surface area contributed by atoms with Crippen molar-refractivity contribution in [2.24, 2.45) is 0 Å². The lowest BCUT2D eigenvalue weighted by molar-refractivity contribution is 0.379. The topological polar surface area (TPSA) is 144 Å². The van der Waals surface area contributed by atoms with Gasteiger partial charge in [-0.05, 0) is 24.3 Å². The molecule has 0 saturated heterocycles. The standard InChI is InChI=1S/C16H20N10O2/c1-17-11-21-13(25-15(23-11)27-3)19-9-5-7-10(8-6-9)20-14-22-12(18-2)24-16(26-14)28-4/h5-8H,1-4H3,(H2,17,19,21,23,25)(H2,18,20,22,24,26). The number of anilines is 6. The molecule has 12 nitrogen and oxygen atoms in total. The van der Waals surface area contributed by atoms with Gasteiger partial charge in [0.1, 0.15) is 0 Å². The Bertz CT molecular complexity index is 814. The summed E-state index contributed by atoms with van der Waals surface area (Å²) in [4.78, 5) is 24.9. The third-order valence-corrected chi connectivity index (χ3v) is 3.44. The summed E-state index contributed by atoms with van der Waals surface area (Å²) in [5, 5.41) is 11.9. The van der Waals surface area contributed by atoms with E-state index < -0.39 is 0 Å². The summed E-state index contributed by atoms with van der Waals surface area (Å²) in [6, 6.07) is 7.85. The molecule has 4 N–H and O–H groups in total. The van der Waals surface area contributed by atoms with Crippen LogP contribution in [0, 0.1) is 0 Å². The van der Waals surface area contributed by atoms with Crippen LogP contribution in [0.1, 0.15) is 0 Å². The number of rotatable bonds is 8. The molecule has 0 fully saturated rings. The van der Waals surface area contributed by atoms with Crippen LogP contribution in [0.15, 0.2) is 24.3 Å². The number of hydrogen-bond donors (Lipinski definition) is 4. The summed E-state index contributed by atoms with van der Waals surface area (Å²) in [7, 11) is 6.42. The highest BCUT2D eigenvalue weighted by Crippen LogP contribution is 2.21. The third kappa shape index (κ3) is 4.60. The highest BCUT2D eigenvalue weighted by Gasteiger charge is 2.08. The normalized spacial score (nSPS) is 10.1. The van der Waals surface area contributed by atoms with Crippen LogP contribution in [0.4, 0.5) is 35.2 Å². The largest absolute Gasteiger partial charge is 0.467 e. The summed E-state index contributed by atoms with van der Waals surface area (Å²) in [5.41, 5.74) is 1.56. The molecule has 2 aromatic heterocycles. The quantitative estimate of drug-likeness (QED) is 0.448. The van der Waals surface area contributed by atoms with Gasteiger partial charge in [0.15, 0.2) is 0 Å². The maximum atomic E-state index is 5.07. The van der Waals surface area contributed by atoms with Crippen molar-refractivity contribution in [2.45, 2.75) is 0 Å². The second kappa shape index (κ2) is 8.62. The molecular formula is C16H20N10O2. The summed E-state index contributed by atoms with van der Waals surface area (Å²) in [6.07, 6.45) is 0. The number of ether oxygens (including phenoxy) is 2. The third-order valence-electron chi connectivity index (χ3n) is 3.44. The Kier molecular flexibility index (Phi) is 5.79. The van der Waals surface area contributed by atoms with Crippen LogP contribution in [0.2, 0.25) is 0 Å². The lowest BCUT2D eigenvalue weighted by Crippen LogP contribution is -2.06. The van der Waals surface area contributed by atoms with Crippen molar-refractivity contribution >= 4 is 35.2 Å². The molecule has 2 heterocycles. The van der Waals surface area contributed by atoms with Gasteiger partial charge < -0.3 is 30.7 Å². The van der Waals surface area contributed by atoms with Gasteiger partial charge in [-0.3, -0.25) is 0 Å². The van der Waals surface area contributed by atoms with Crippen LogP contribution >= 0.6 is 0 Å². The average Bonchev–Trinajstić information content (AvgIpc) is 2.74. The van der Waals surface area contributed by atoms with Crippen molar-refractivity contribution in [3.8, 4) is 12.0 Å². The van der Waals surface area contributed by atoms with Gasteiger partial charge in [-0.25, -0.2) is 0 Å². The average molecular weight is 384 g/mol. The molecule has 0 amide bonds. The molecule has 0 unspecified atom stereocenters. The molecule has 0 aliphatic rings. The Morgan fingerprint density at radius 1 is 0.571 bits per heavy atom. The maximum Gasteiger partial charge on any atom is 0.322 e. The molecule has 12 heteroatoms. The van der Waals surface area contributed by atoms with E-state index in [4.69, 9.17) is 9.47 Å². The summed E-state index contributed by atoms with van der Waals surface area (Å²) < 4.78 is 10.1. The van der Waals surface area contributed by atoms with E-state index in [1.54, 1.807) is 14.1 Å². The van der Waals surface area contributed by atoms with E-state index in [0.717, 1.165) is 11.4 Å². The molecule has 0 aliphatic heterocycles. The molecule has 0 atom stereocenters. The summed E-state index contributed by atoms with van der Waals surface area (Å²) in [5.74, 6) is 1.52. The van der Waals surface area contributed by atoms with Gasteiger partial charge in [0, 0.05) is 25.5 Å². The monoisotopic (exact) mass is 384 g/mol. The van der Waals surface area contributed by atoms with E-state index in [0.29, 0.717) is 23.8 Å². The van der Waals surface area contributed by atoms with Gasteiger partial charge in [-0.1, -0.05) is 0 Å². The van der Waals surface area contributed by atoms with Crippen molar-refractivity contribution in [1.29, 1.82) is 0 Å². The van der Waals surface area contributed by atoms with Crippen LogP contribution in [0.25, 0.3) is 0 Å². The zero-order valence-corrected chi connectivity index (χ0v) is 15.8. The van der Waals surface area contributed by atoms with Crippen molar-refractivity contribution < 1.29 is 9.47 Å². The van der Waals surface area contributed by atoms with E-state index in [-0.39, 0.29) is 12.0 Å². The first-order valence-corrected chi connectivity index (χ1v) is 8.23. The van der Waals surface area contributed by atoms with E-state index in [2.05, 4.69) is 51.2 Å². The minimum Gasteiger partial charge on any atom is -0.467 e. The van der Waals surface area contributed by atoms with Crippen molar-refractivity contribution in [3.63, 3.8) is 0 Å². The van der Waals surface area contributed by atoms with E-state index in [9.17, 15) is 0 Å². The van der Waals surface area contributed by atoms with E-state index in [1.165, 1.54) is 14.2 Å². The zero-order chi connectivity index (χ0) is 19.9. The molecule has 28 heavy (non-hydrogen) atoms. The molecule has 0 spiro atoms. The second-order valence-electron chi connectivity index (χ2n) is 5.27. The lowest BCUT2D eigenvalue weighted by atomic mass is 10.3. The predicted octanol–water partition coefficient (Wildman–Crippen LogP) is 1.64. The molecule has 1 aromatic carbocycles. The van der Waals surface area contributed by atoms with Crippen LogP contribution in [-0.4, -0.2) is 58.2 Å². The number of methoxy groups -OCH3 is 2. The second-order valence-corrected chi connectivity index (χ2v) is 5.27. The van der Waals surface area contributed by atoms with Crippen molar-refractivity contribution in [3.05, 3.63) is 24.3 Å². The number of nitrogens with one attached hydrogen (secondary N) is 4. The highest BCUT2D eigenvalue weighted by atomic mass is 16.5. The fraction of sp³-hybridized carbons (Fsp3) is 0.250. The molecule has 146 valence electrons. The van der Waals surface area contributed by atoms with Crippen LogP contribution in [-0.2, 0) is 0 Å². The highest BCUT2D eigenvalue weighted by molar-refractivity contribution is 5.62. The minimum atomic E-state index is 0.212. The van der Waals surface area contributed by atoms with Gasteiger partial charge in [-0.15, -0.1) is 0 Å². The molecule has 0 saturated carbocycles. The Balaban J connectivity index is 1.74. The Morgan fingerprint density at radius 2 is 0.929 bits per heavy atom. The fourth-order valence-electron chi connectivity index (χ4n) is 2.13. The van der Waals surface area contributed by atoms with Gasteiger partial charge >= 0.3 is 12.0 Å². The van der Waals surface area contributed by atoms with Crippen molar-refractivity contribution in [2.75, 3.05) is 49.6 Å². The zero-order valence-electron chi connectivity index (χ0n) is 15.8.